The largest absolute Gasteiger partial charge is 0.486 e. The van der Waals surface area contributed by atoms with Crippen LogP contribution in [0.3, 0.4) is 0 Å². The Morgan fingerprint density at radius 1 is 1.21 bits per heavy atom. The van der Waals surface area contributed by atoms with Crippen LogP contribution in [0.1, 0.15) is 51.5 Å². The molecule has 0 spiro atoms. The fraction of sp³-hybridized carbons (Fsp3) is 0.455. The summed E-state index contributed by atoms with van der Waals surface area (Å²) < 4.78 is 16.3. The molecule has 1 aliphatic heterocycles. The highest BCUT2D eigenvalue weighted by Crippen LogP contribution is 2.31. The molecule has 1 aromatic heterocycles. The van der Waals surface area contributed by atoms with Gasteiger partial charge in [-0.15, -0.1) is 0 Å². The molecule has 7 heteroatoms. The fourth-order valence-corrected chi connectivity index (χ4v) is 3.53. The van der Waals surface area contributed by atoms with Crippen LogP contribution in [0.4, 0.5) is 0 Å². The van der Waals surface area contributed by atoms with Crippen LogP contribution < -0.4 is 9.47 Å². The van der Waals surface area contributed by atoms with Crippen molar-refractivity contribution in [2.24, 2.45) is 0 Å². The molecule has 1 aliphatic rings. The molecule has 7 nitrogen and oxygen atoms in total. The lowest BCUT2D eigenvalue weighted by molar-refractivity contribution is 0.0525. The first-order valence-electron chi connectivity index (χ1n) is 9.82. The lowest BCUT2D eigenvalue weighted by Gasteiger charge is -2.25. The van der Waals surface area contributed by atoms with Crippen molar-refractivity contribution >= 4 is 11.8 Å². The minimum absolute atomic E-state index is 0.0683. The first-order valence-corrected chi connectivity index (χ1v) is 9.82. The summed E-state index contributed by atoms with van der Waals surface area (Å²) in [6.45, 7) is 9.14. The van der Waals surface area contributed by atoms with Gasteiger partial charge in [-0.3, -0.25) is 9.69 Å². The summed E-state index contributed by atoms with van der Waals surface area (Å²) in [7, 11) is 1.90. The number of aromatic nitrogens is 1. The number of carbonyl (C=O) groups excluding carboxylic acids is 2. The molecule has 1 N–H and O–H groups in total. The lowest BCUT2D eigenvalue weighted by atomic mass is 10.0. The quantitative estimate of drug-likeness (QED) is 0.567. The van der Waals surface area contributed by atoms with Crippen molar-refractivity contribution in [1.29, 1.82) is 0 Å². The molecule has 0 saturated carbocycles. The molecule has 0 aliphatic carbocycles. The van der Waals surface area contributed by atoms with E-state index in [1.54, 1.807) is 20.8 Å². The number of carbonyl (C=O) groups is 2. The van der Waals surface area contributed by atoms with Gasteiger partial charge in [0.25, 0.3) is 0 Å². The monoisotopic (exact) mass is 400 g/mol. The maximum atomic E-state index is 13.1. The molecule has 1 atom stereocenters. The van der Waals surface area contributed by atoms with Crippen molar-refractivity contribution < 1.29 is 23.8 Å². The zero-order valence-electron chi connectivity index (χ0n) is 17.6. The number of hydrogen-bond donors (Lipinski definition) is 1. The third-order valence-corrected chi connectivity index (χ3v) is 5.24. The zero-order valence-corrected chi connectivity index (χ0v) is 17.6. The number of benzene rings is 1. The highest BCUT2D eigenvalue weighted by atomic mass is 16.6. The number of esters is 1. The van der Waals surface area contributed by atoms with E-state index in [2.05, 4.69) is 4.98 Å². The van der Waals surface area contributed by atoms with Gasteiger partial charge in [0, 0.05) is 12.2 Å². The van der Waals surface area contributed by atoms with E-state index < -0.39 is 5.97 Å². The van der Waals surface area contributed by atoms with E-state index in [0.29, 0.717) is 48.9 Å². The van der Waals surface area contributed by atoms with E-state index >= 15 is 0 Å². The molecule has 0 unspecified atom stereocenters. The number of likely N-dealkylation sites (N-methyl/N-ethyl adjacent to an activating group) is 1. The molecule has 29 heavy (non-hydrogen) atoms. The second-order valence-corrected chi connectivity index (χ2v) is 7.28. The molecular weight excluding hydrogens is 372 g/mol. The standard InChI is InChI=1S/C22H28N2O5/c1-6-27-22(26)19-13(2)20(23-14(19)3)21(25)15(4)24(5)12-16-7-8-17-18(11-16)29-10-9-28-17/h7-8,11,15,23H,6,9-10,12H2,1-5H3/t15-/m1/s1. The average Bonchev–Trinajstić information content (AvgIpc) is 3.01. The van der Waals surface area contributed by atoms with E-state index in [1.165, 1.54) is 0 Å². The Kier molecular flexibility index (Phi) is 6.27. The topological polar surface area (TPSA) is 80.9 Å². The van der Waals surface area contributed by atoms with Crippen LogP contribution in [-0.2, 0) is 11.3 Å². The van der Waals surface area contributed by atoms with Crippen molar-refractivity contribution in [2.45, 2.75) is 40.3 Å². The summed E-state index contributed by atoms with van der Waals surface area (Å²) in [5.41, 5.74) is 3.20. The average molecular weight is 400 g/mol. The van der Waals surface area contributed by atoms with Gasteiger partial charge < -0.3 is 19.2 Å². The lowest BCUT2D eigenvalue weighted by Crippen LogP contribution is -2.36. The number of H-pyrrole nitrogens is 1. The smallest absolute Gasteiger partial charge is 0.340 e. The van der Waals surface area contributed by atoms with Gasteiger partial charge in [0.05, 0.1) is 23.9 Å². The Balaban J connectivity index is 1.74. The Hall–Kier alpha value is -2.80. The number of hydrogen-bond acceptors (Lipinski definition) is 6. The van der Waals surface area contributed by atoms with Crippen LogP contribution in [0.25, 0.3) is 0 Å². The van der Waals surface area contributed by atoms with Gasteiger partial charge in [-0.25, -0.2) is 4.79 Å². The first kappa shape index (κ1) is 20.9. The third-order valence-electron chi connectivity index (χ3n) is 5.24. The van der Waals surface area contributed by atoms with Crippen molar-refractivity contribution in [3.63, 3.8) is 0 Å². The summed E-state index contributed by atoms with van der Waals surface area (Å²) in [5.74, 6) is 1.00. The summed E-state index contributed by atoms with van der Waals surface area (Å²) >= 11 is 0. The number of ether oxygens (including phenoxy) is 3. The second-order valence-electron chi connectivity index (χ2n) is 7.28. The number of nitrogens with zero attached hydrogens (tertiary/aromatic N) is 1. The predicted octanol–water partition coefficient (Wildman–Crippen LogP) is 3.28. The van der Waals surface area contributed by atoms with E-state index in [4.69, 9.17) is 14.2 Å². The van der Waals surface area contributed by atoms with Crippen LogP contribution in [0.2, 0.25) is 0 Å². The highest BCUT2D eigenvalue weighted by Gasteiger charge is 2.27. The molecule has 0 radical (unpaired) electrons. The summed E-state index contributed by atoms with van der Waals surface area (Å²) in [5, 5.41) is 0. The van der Waals surface area contributed by atoms with Crippen molar-refractivity contribution in [1.82, 2.24) is 9.88 Å². The molecule has 156 valence electrons. The molecule has 0 fully saturated rings. The van der Waals surface area contributed by atoms with Crippen molar-refractivity contribution in [3.05, 3.63) is 46.3 Å². The predicted molar refractivity (Wildman–Crippen MR) is 109 cm³/mol. The molecular formula is C22H28N2O5. The highest BCUT2D eigenvalue weighted by molar-refractivity contribution is 6.03. The molecule has 0 saturated heterocycles. The van der Waals surface area contributed by atoms with Crippen molar-refractivity contribution in [2.75, 3.05) is 26.9 Å². The van der Waals surface area contributed by atoms with E-state index in [1.807, 2.05) is 37.1 Å². The van der Waals surface area contributed by atoms with Crippen LogP contribution in [0.15, 0.2) is 18.2 Å². The molecule has 3 rings (SSSR count). The van der Waals surface area contributed by atoms with Crippen LogP contribution >= 0.6 is 0 Å². The van der Waals surface area contributed by atoms with Gasteiger partial charge in [-0.05, 0) is 58.0 Å². The minimum atomic E-state index is -0.407. The maximum absolute atomic E-state index is 13.1. The number of fused-ring (bicyclic) bond motifs is 1. The number of rotatable bonds is 7. The second kappa shape index (κ2) is 8.69. The maximum Gasteiger partial charge on any atom is 0.340 e. The summed E-state index contributed by atoms with van der Waals surface area (Å²) in [4.78, 5) is 30.3. The number of ketones is 1. The van der Waals surface area contributed by atoms with Crippen LogP contribution in [0, 0.1) is 13.8 Å². The van der Waals surface area contributed by atoms with Gasteiger partial charge in [0.2, 0.25) is 0 Å². The van der Waals surface area contributed by atoms with Gasteiger partial charge in [-0.2, -0.15) is 0 Å². The SMILES string of the molecule is CCOC(=O)c1c(C)[nH]c(C(=O)[C@@H](C)N(C)Cc2ccc3c(c2)OCCO3)c1C. The van der Waals surface area contributed by atoms with Crippen LogP contribution in [-0.4, -0.2) is 54.5 Å². The molecule has 2 aromatic rings. The number of Topliss-reactive ketones (excluding diaryl/α,β-unsaturated/α-hetero) is 1. The first-order chi connectivity index (χ1) is 13.8. The molecule has 1 aromatic carbocycles. The van der Waals surface area contributed by atoms with Gasteiger partial charge >= 0.3 is 5.97 Å². The number of aromatic amines is 1. The summed E-state index contributed by atoms with van der Waals surface area (Å²) in [6, 6.07) is 5.44. The molecule has 0 bridgehead atoms. The Labute approximate surface area is 170 Å². The molecule has 0 amide bonds. The van der Waals surface area contributed by atoms with Gasteiger partial charge in [0.15, 0.2) is 17.3 Å². The summed E-state index contributed by atoms with van der Waals surface area (Å²) in [6.07, 6.45) is 0. The van der Waals surface area contributed by atoms with E-state index in [-0.39, 0.29) is 11.8 Å². The van der Waals surface area contributed by atoms with E-state index in [0.717, 1.165) is 17.1 Å². The van der Waals surface area contributed by atoms with Gasteiger partial charge in [0.1, 0.15) is 13.2 Å². The Morgan fingerprint density at radius 3 is 2.59 bits per heavy atom. The molecule has 2 heterocycles. The normalized spacial score (nSPS) is 14.0. The number of aryl methyl sites for hydroxylation is 1. The zero-order chi connectivity index (χ0) is 21.1. The number of nitrogens with one attached hydrogen (secondary N) is 1. The van der Waals surface area contributed by atoms with E-state index in [9.17, 15) is 9.59 Å². The minimum Gasteiger partial charge on any atom is -0.486 e. The Bertz CT molecular complexity index is 918. The van der Waals surface area contributed by atoms with Gasteiger partial charge in [-0.1, -0.05) is 6.07 Å². The Morgan fingerprint density at radius 2 is 1.90 bits per heavy atom. The van der Waals surface area contributed by atoms with Crippen LogP contribution in [0.5, 0.6) is 11.5 Å². The third kappa shape index (κ3) is 4.29. The fourth-order valence-electron chi connectivity index (χ4n) is 3.53. The van der Waals surface area contributed by atoms with Crippen molar-refractivity contribution in [3.8, 4) is 11.5 Å².